The van der Waals surface area contributed by atoms with Gasteiger partial charge in [0.15, 0.2) is 0 Å². The van der Waals surface area contributed by atoms with Gasteiger partial charge in [0.25, 0.3) is 0 Å². The summed E-state index contributed by atoms with van der Waals surface area (Å²) in [6.45, 7) is 4.44. The Morgan fingerprint density at radius 2 is 1.30 bits per heavy atom. The molecule has 0 fully saturated rings. The van der Waals surface area contributed by atoms with Crippen LogP contribution in [0.3, 0.4) is 0 Å². The predicted molar refractivity (Wildman–Crippen MR) is 114 cm³/mol. The zero-order valence-electron chi connectivity index (χ0n) is 18.1. The third-order valence-electron chi connectivity index (χ3n) is 4.75. The second-order valence-corrected chi connectivity index (χ2v) is 7.39. The smallest absolute Gasteiger partial charge is 0.325 e. The normalized spacial score (nSPS) is 11.1. The van der Waals surface area contributed by atoms with Gasteiger partial charge in [0.2, 0.25) is 5.91 Å². The standard InChI is InChI=1S/C23H43NO3/c1-4-6-7-8-9-10-11-12-13-14-15-16-17-18-19-20-22(25)24(3)21-23(26)27-5-2/h12-13H,4-11,14-21H2,1-3H3/b13-12-. The van der Waals surface area contributed by atoms with Crippen molar-refractivity contribution in [1.29, 1.82) is 0 Å². The molecule has 0 N–H and O–H groups in total. The molecular formula is C23H43NO3. The first-order valence-electron chi connectivity index (χ1n) is 11.2. The molecule has 0 aromatic rings. The van der Waals surface area contributed by atoms with Gasteiger partial charge in [-0.1, -0.05) is 70.4 Å². The number of rotatable bonds is 18. The van der Waals surface area contributed by atoms with Crippen molar-refractivity contribution in [2.45, 2.75) is 104 Å². The van der Waals surface area contributed by atoms with E-state index in [0.29, 0.717) is 13.0 Å². The molecular weight excluding hydrogens is 338 g/mol. The SMILES string of the molecule is CCCCCCCC/C=C\CCCCCCCC(=O)N(C)CC(=O)OCC. The summed E-state index contributed by atoms with van der Waals surface area (Å²) in [5.74, 6) is -0.307. The molecule has 0 spiro atoms. The van der Waals surface area contributed by atoms with E-state index in [-0.39, 0.29) is 18.4 Å². The monoisotopic (exact) mass is 381 g/mol. The van der Waals surface area contributed by atoms with Crippen molar-refractivity contribution < 1.29 is 14.3 Å². The molecule has 0 aliphatic rings. The van der Waals surface area contributed by atoms with Gasteiger partial charge in [-0.25, -0.2) is 0 Å². The minimum absolute atomic E-state index is 0.0284. The molecule has 4 nitrogen and oxygen atoms in total. The van der Waals surface area contributed by atoms with Gasteiger partial charge in [-0.2, -0.15) is 0 Å². The van der Waals surface area contributed by atoms with Gasteiger partial charge >= 0.3 is 5.97 Å². The number of hydrogen-bond acceptors (Lipinski definition) is 3. The maximum atomic E-state index is 11.9. The van der Waals surface area contributed by atoms with Crippen molar-refractivity contribution in [3.63, 3.8) is 0 Å². The van der Waals surface area contributed by atoms with Gasteiger partial charge in [0.05, 0.1) is 6.61 Å². The molecule has 0 heterocycles. The minimum atomic E-state index is -0.335. The molecule has 0 rings (SSSR count). The van der Waals surface area contributed by atoms with Gasteiger partial charge in [0.1, 0.15) is 6.54 Å². The molecule has 0 unspecified atom stereocenters. The second-order valence-electron chi connectivity index (χ2n) is 7.39. The predicted octanol–water partition coefficient (Wildman–Crippen LogP) is 6.05. The number of carbonyl (C=O) groups is 2. The van der Waals surface area contributed by atoms with Crippen molar-refractivity contribution in [3.8, 4) is 0 Å². The summed E-state index contributed by atoms with van der Waals surface area (Å²) in [6, 6.07) is 0. The maximum absolute atomic E-state index is 11.9. The molecule has 27 heavy (non-hydrogen) atoms. The van der Waals surface area contributed by atoms with Crippen molar-refractivity contribution in [2.24, 2.45) is 0 Å². The van der Waals surface area contributed by atoms with Crippen LogP contribution in [-0.2, 0) is 14.3 Å². The molecule has 0 saturated heterocycles. The fraction of sp³-hybridized carbons (Fsp3) is 0.826. The Kier molecular flexibility index (Phi) is 18.5. The lowest BCUT2D eigenvalue weighted by molar-refractivity contribution is -0.148. The summed E-state index contributed by atoms with van der Waals surface area (Å²) in [7, 11) is 1.66. The fourth-order valence-electron chi connectivity index (χ4n) is 3.03. The molecule has 0 aliphatic heterocycles. The molecule has 0 aromatic heterocycles. The fourth-order valence-corrected chi connectivity index (χ4v) is 3.03. The summed E-state index contributed by atoms with van der Waals surface area (Å²) < 4.78 is 4.86. The Balaban J connectivity index is 3.40. The number of likely N-dealkylation sites (N-methyl/N-ethyl adjacent to an activating group) is 1. The van der Waals surface area contributed by atoms with Crippen LogP contribution in [0, 0.1) is 0 Å². The topological polar surface area (TPSA) is 46.6 Å². The number of carbonyl (C=O) groups excluding carboxylic acids is 2. The zero-order chi connectivity index (χ0) is 20.2. The first-order valence-corrected chi connectivity index (χ1v) is 11.2. The Bertz CT molecular complexity index is 393. The summed E-state index contributed by atoms with van der Waals surface area (Å²) >= 11 is 0. The van der Waals surface area contributed by atoms with Crippen LogP contribution in [0.5, 0.6) is 0 Å². The first kappa shape index (κ1) is 25.7. The molecule has 0 bridgehead atoms. The third kappa shape index (κ3) is 17.8. The van der Waals surface area contributed by atoms with Gasteiger partial charge < -0.3 is 9.64 Å². The second kappa shape index (κ2) is 19.4. The van der Waals surface area contributed by atoms with Crippen molar-refractivity contribution >= 4 is 11.9 Å². The first-order chi connectivity index (χ1) is 13.1. The highest BCUT2D eigenvalue weighted by Crippen LogP contribution is 2.10. The summed E-state index contributed by atoms with van der Waals surface area (Å²) in [5.41, 5.74) is 0. The number of nitrogens with zero attached hydrogens (tertiary/aromatic N) is 1. The van der Waals surface area contributed by atoms with E-state index in [9.17, 15) is 9.59 Å². The molecule has 0 aliphatic carbocycles. The Labute approximate surface area is 167 Å². The van der Waals surface area contributed by atoms with E-state index in [1.54, 1.807) is 14.0 Å². The van der Waals surface area contributed by atoms with Crippen LogP contribution in [0.2, 0.25) is 0 Å². The highest BCUT2D eigenvalue weighted by atomic mass is 16.5. The number of hydrogen-bond donors (Lipinski definition) is 0. The molecule has 0 radical (unpaired) electrons. The van der Waals surface area contributed by atoms with E-state index in [1.807, 2.05) is 0 Å². The molecule has 0 atom stereocenters. The van der Waals surface area contributed by atoms with Crippen LogP contribution in [-0.4, -0.2) is 37.0 Å². The lowest BCUT2D eigenvalue weighted by Crippen LogP contribution is -2.32. The van der Waals surface area contributed by atoms with E-state index in [0.717, 1.165) is 12.8 Å². The summed E-state index contributed by atoms with van der Waals surface area (Å²) in [6.07, 6.45) is 21.4. The van der Waals surface area contributed by atoms with Crippen LogP contribution in [0.1, 0.15) is 104 Å². The number of ether oxygens (including phenoxy) is 1. The van der Waals surface area contributed by atoms with Crippen LogP contribution >= 0.6 is 0 Å². The number of esters is 1. The number of allylic oxidation sites excluding steroid dienone is 2. The Morgan fingerprint density at radius 3 is 1.85 bits per heavy atom. The molecule has 0 aromatic carbocycles. The number of unbranched alkanes of at least 4 members (excludes halogenated alkanes) is 11. The highest BCUT2D eigenvalue weighted by Gasteiger charge is 2.12. The average Bonchev–Trinajstić information content (AvgIpc) is 2.64. The summed E-state index contributed by atoms with van der Waals surface area (Å²) in [4.78, 5) is 24.7. The molecule has 4 heteroatoms. The number of amides is 1. The van der Waals surface area contributed by atoms with E-state index in [4.69, 9.17) is 4.74 Å². The lowest BCUT2D eigenvalue weighted by atomic mass is 10.1. The van der Waals surface area contributed by atoms with Crippen LogP contribution in [0.25, 0.3) is 0 Å². The van der Waals surface area contributed by atoms with E-state index in [2.05, 4.69) is 19.1 Å². The van der Waals surface area contributed by atoms with Crippen LogP contribution in [0.4, 0.5) is 0 Å². The maximum Gasteiger partial charge on any atom is 0.325 e. The highest BCUT2D eigenvalue weighted by molar-refractivity contribution is 5.81. The van der Waals surface area contributed by atoms with E-state index >= 15 is 0 Å². The average molecular weight is 382 g/mol. The van der Waals surface area contributed by atoms with Crippen molar-refractivity contribution in [1.82, 2.24) is 4.90 Å². The van der Waals surface area contributed by atoms with E-state index < -0.39 is 0 Å². The van der Waals surface area contributed by atoms with Gasteiger partial charge in [-0.3, -0.25) is 9.59 Å². The van der Waals surface area contributed by atoms with Crippen molar-refractivity contribution in [2.75, 3.05) is 20.2 Å². The van der Waals surface area contributed by atoms with Crippen LogP contribution < -0.4 is 0 Å². The van der Waals surface area contributed by atoms with Crippen molar-refractivity contribution in [3.05, 3.63) is 12.2 Å². The lowest BCUT2D eigenvalue weighted by Gasteiger charge is -2.15. The molecule has 1 amide bonds. The third-order valence-corrected chi connectivity index (χ3v) is 4.75. The van der Waals surface area contributed by atoms with Gasteiger partial charge in [-0.05, 0) is 39.0 Å². The zero-order valence-corrected chi connectivity index (χ0v) is 18.1. The summed E-state index contributed by atoms with van der Waals surface area (Å²) in [5, 5.41) is 0. The molecule has 158 valence electrons. The molecule has 0 saturated carbocycles. The Morgan fingerprint density at radius 1 is 0.778 bits per heavy atom. The Hall–Kier alpha value is -1.32. The van der Waals surface area contributed by atoms with Gasteiger partial charge in [-0.15, -0.1) is 0 Å². The quantitative estimate of drug-likeness (QED) is 0.165. The minimum Gasteiger partial charge on any atom is -0.465 e. The van der Waals surface area contributed by atoms with E-state index in [1.165, 1.54) is 75.5 Å². The van der Waals surface area contributed by atoms with Crippen LogP contribution in [0.15, 0.2) is 12.2 Å². The van der Waals surface area contributed by atoms with Gasteiger partial charge in [0, 0.05) is 13.5 Å². The largest absolute Gasteiger partial charge is 0.465 e.